The lowest BCUT2D eigenvalue weighted by Gasteiger charge is -2.10. The van der Waals surface area contributed by atoms with Crippen LogP contribution in [0, 0.1) is 6.92 Å². The second kappa shape index (κ2) is 7.45. The number of aryl methyl sites for hydroxylation is 1. The summed E-state index contributed by atoms with van der Waals surface area (Å²) in [5, 5.41) is 2.88. The van der Waals surface area contributed by atoms with Gasteiger partial charge in [0, 0.05) is 24.4 Å². The number of ether oxygens (including phenoxy) is 2. The largest absolute Gasteiger partial charge is 0.491 e. The van der Waals surface area contributed by atoms with E-state index in [0.29, 0.717) is 30.2 Å². The number of hydrogen-bond acceptors (Lipinski definition) is 3. The fraction of sp³-hybridized carbons (Fsp3) is 0.235. The molecule has 2 aromatic rings. The van der Waals surface area contributed by atoms with Gasteiger partial charge < -0.3 is 14.8 Å². The minimum Gasteiger partial charge on any atom is -0.491 e. The van der Waals surface area contributed by atoms with Crippen molar-refractivity contribution in [2.75, 3.05) is 25.6 Å². The smallest absolute Gasteiger partial charge is 0.255 e. The summed E-state index contributed by atoms with van der Waals surface area (Å²) in [6.45, 7) is 2.92. The van der Waals surface area contributed by atoms with Gasteiger partial charge in [0.15, 0.2) is 0 Å². The van der Waals surface area contributed by atoms with Crippen molar-refractivity contribution in [1.29, 1.82) is 0 Å². The Morgan fingerprint density at radius 3 is 2.67 bits per heavy atom. The molecule has 2 rings (SSSR count). The summed E-state index contributed by atoms with van der Waals surface area (Å²) in [6, 6.07) is 14.8. The van der Waals surface area contributed by atoms with Crippen LogP contribution in [0.2, 0.25) is 0 Å². The van der Waals surface area contributed by atoms with Crippen molar-refractivity contribution < 1.29 is 14.3 Å². The summed E-state index contributed by atoms with van der Waals surface area (Å²) in [5.41, 5.74) is 2.32. The van der Waals surface area contributed by atoms with Gasteiger partial charge in [-0.3, -0.25) is 4.79 Å². The fourth-order valence-corrected chi connectivity index (χ4v) is 1.93. The summed E-state index contributed by atoms with van der Waals surface area (Å²) >= 11 is 0. The number of rotatable bonds is 6. The average molecular weight is 285 g/mol. The average Bonchev–Trinajstić information content (AvgIpc) is 2.48. The molecule has 1 amide bonds. The molecule has 0 aliphatic carbocycles. The third-order valence-corrected chi connectivity index (χ3v) is 3.04. The predicted molar refractivity (Wildman–Crippen MR) is 82.9 cm³/mol. The molecule has 0 aliphatic rings. The normalized spacial score (nSPS) is 10.2. The van der Waals surface area contributed by atoms with Crippen LogP contribution in [0.1, 0.15) is 15.9 Å². The number of carbonyl (C=O) groups excluding carboxylic acids is 1. The molecule has 0 spiro atoms. The van der Waals surface area contributed by atoms with Crippen molar-refractivity contribution in [3.8, 4) is 5.75 Å². The highest BCUT2D eigenvalue weighted by atomic mass is 16.5. The summed E-state index contributed by atoms with van der Waals surface area (Å²) < 4.78 is 10.5. The van der Waals surface area contributed by atoms with E-state index in [9.17, 15) is 4.79 Å². The first-order valence-electron chi connectivity index (χ1n) is 6.79. The zero-order valence-corrected chi connectivity index (χ0v) is 12.3. The molecule has 0 atom stereocenters. The maximum Gasteiger partial charge on any atom is 0.255 e. The van der Waals surface area contributed by atoms with Crippen LogP contribution in [-0.2, 0) is 4.74 Å². The molecule has 0 saturated heterocycles. The molecule has 4 nitrogen and oxygen atoms in total. The van der Waals surface area contributed by atoms with Gasteiger partial charge in [-0.1, -0.05) is 24.3 Å². The predicted octanol–water partition coefficient (Wildman–Crippen LogP) is 3.27. The third-order valence-electron chi connectivity index (χ3n) is 3.04. The van der Waals surface area contributed by atoms with E-state index in [1.165, 1.54) is 0 Å². The molecule has 0 aliphatic heterocycles. The molecule has 0 saturated carbocycles. The van der Waals surface area contributed by atoms with Crippen molar-refractivity contribution in [1.82, 2.24) is 0 Å². The lowest BCUT2D eigenvalue weighted by atomic mass is 10.1. The maximum atomic E-state index is 12.2. The third kappa shape index (κ3) is 4.33. The van der Waals surface area contributed by atoms with Gasteiger partial charge in [0.25, 0.3) is 5.91 Å². The Morgan fingerprint density at radius 1 is 1.10 bits per heavy atom. The first-order chi connectivity index (χ1) is 10.2. The summed E-state index contributed by atoms with van der Waals surface area (Å²) in [7, 11) is 1.63. The van der Waals surface area contributed by atoms with Crippen molar-refractivity contribution in [2.24, 2.45) is 0 Å². The number of benzene rings is 2. The van der Waals surface area contributed by atoms with Crippen LogP contribution >= 0.6 is 0 Å². The van der Waals surface area contributed by atoms with Gasteiger partial charge in [-0.15, -0.1) is 0 Å². The minimum absolute atomic E-state index is 0.123. The van der Waals surface area contributed by atoms with Crippen LogP contribution in [0.4, 0.5) is 5.69 Å². The molecule has 110 valence electrons. The first kappa shape index (κ1) is 15.1. The number of nitrogens with one attached hydrogen (secondary N) is 1. The van der Waals surface area contributed by atoms with E-state index in [2.05, 4.69) is 5.32 Å². The Bertz CT molecular complexity index is 610. The van der Waals surface area contributed by atoms with Crippen LogP contribution in [0.3, 0.4) is 0 Å². The van der Waals surface area contributed by atoms with E-state index < -0.39 is 0 Å². The molecule has 0 unspecified atom stereocenters. The highest BCUT2D eigenvalue weighted by molar-refractivity contribution is 6.05. The van der Waals surface area contributed by atoms with Crippen LogP contribution in [0.15, 0.2) is 48.5 Å². The standard InChI is InChI=1S/C17H19NO3/c1-13-6-3-4-9-16(13)17(19)18-14-7-5-8-15(12-14)21-11-10-20-2/h3-9,12H,10-11H2,1-2H3,(H,18,19). The van der Waals surface area contributed by atoms with Gasteiger partial charge in [-0.25, -0.2) is 0 Å². The van der Waals surface area contributed by atoms with Gasteiger partial charge in [0.05, 0.1) is 6.61 Å². The van der Waals surface area contributed by atoms with Crippen molar-refractivity contribution in [3.63, 3.8) is 0 Å². The molecule has 0 bridgehead atoms. The highest BCUT2D eigenvalue weighted by Gasteiger charge is 2.08. The summed E-state index contributed by atoms with van der Waals surface area (Å²) in [4.78, 5) is 12.2. The Labute approximate surface area is 124 Å². The van der Waals surface area contributed by atoms with Gasteiger partial charge >= 0.3 is 0 Å². The molecular formula is C17H19NO3. The molecule has 0 heterocycles. The monoisotopic (exact) mass is 285 g/mol. The van der Waals surface area contributed by atoms with Gasteiger partial charge in [0.2, 0.25) is 0 Å². The number of methoxy groups -OCH3 is 1. The Morgan fingerprint density at radius 2 is 1.90 bits per heavy atom. The SMILES string of the molecule is COCCOc1cccc(NC(=O)c2ccccc2C)c1. The summed E-state index contributed by atoms with van der Waals surface area (Å²) in [5.74, 6) is 0.580. The van der Waals surface area contributed by atoms with E-state index in [1.54, 1.807) is 13.2 Å². The molecule has 4 heteroatoms. The fourth-order valence-electron chi connectivity index (χ4n) is 1.93. The molecule has 0 fully saturated rings. The topological polar surface area (TPSA) is 47.6 Å². The van der Waals surface area contributed by atoms with Crippen LogP contribution in [-0.4, -0.2) is 26.2 Å². The van der Waals surface area contributed by atoms with Crippen molar-refractivity contribution >= 4 is 11.6 Å². The van der Waals surface area contributed by atoms with E-state index >= 15 is 0 Å². The van der Waals surface area contributed by atoms with E-state index in [-0.39, 0.29) is 5.91 Å². The first-order valence-corrected chi connectivity index (χ1v) is 6.79. The van der Waals surface area contributed by atoms with Crippen molar-refractivity contribution in [2.45, 2.75) is 6.92 Å². The number of hydrogen-bond donors (Lipinski definition) is 1. The van der Waals surface area contributed by atoms with Gasteiger partial charge in [-0.2, -0.15) is 0 Å². The lowest BCUT2D eigenvalue weighted by molar-refractivity contribution is 0.102. The maximum absolute atomic E-state index is 12.2. The second-order valence-corrected chi connectivity index (χ2v) is 4.64. The Hall–Kier alpha value is -2.33. The number of carbonyl (C=O) groups is 1. The molecule has 0 radical (unpaired) electrons. The highest BCUT2D eigenvalue weighted by Crippen LogP contribution is 2.18. The van der Waals surface area contributed by atoms with Crippen molar-refractivity contribution in [3.05, 3.63) is 59.7 Å². The van der Waals surface area contributed by atoms with Crippen LogP contribution in [0.5, 0.6) is 5.75 Å². The Balaban J connectivity index is 2.04. The Kier molecular flexibility index (Phi) is 5.35. The van der Waals surface area contributed by atoms with Crippen LogP contribution < -0.4 is 10.1 Å². The zero-order chi connectivity index (χ0) is 15.1. The quantitative estimate of drug-likeness (QED) is 0.829. The summed E-state index contributed by atoms with van der Waals surface area (Å²) in [6.07, 6.45) is 0. The molecule has 1 N–H and O–H groups in total. The zero-order valence-electron chi connectivity index (χ0n) is 12.3. The molecule has 0 aromatic heterocycles. The van der Waals surface area contributed by atoms with Gasteiger partial charge in [-0.05, 0) is 30.7 Å². The molecule has 21 heavy (non-hydrogen) atoms. The number of anilines is 1. The second-order valence-electron chi connectivity index (χ2n) is 4.64. The van der Waals surface area contributed by atoms with Crippen LogP contribution in [0.25, 0.3) is 0 Å². The number of amides is 1. The van der Waals surface area contributed by atoms with E-state index in [0.717, 1.165) is 5.56 Å². The molecular weight excluding hydrogens is 266 g/mol. The molecule has 2 aromatic carbocycles. The van der Waals surface area contributed by atoms with Gasteiger partial charge in [0.1, 0.15) is 12.4 Å². The van der Waals surface area contributed by atoms with E-state index in [4.69, 9.17) is 9.47 Å². The van der Waals surface area contributed by atoms with E-state index in [1.807, 2.05) is 49.4 Å². The lowest BCUT2D eigenvalue weighted by Crippen LogP contribution is -2.13. The minimum atomic E-state index is -0.123.